The number of rotatable bonds is 6. The van der Waals surface area contributed by atoms with E-state index in [-0.39, 0.29) is 6.10 Å². The van der Waals surface area contributed by atoms with Crippen LogP contribution in [-0.2, 0) is 11.3 Å². The van der Waals surface area contributed by atoms with Crippen molar-refractivity contribution >= 4 is 0 Å². The molecular formula is C18H32N4O2. The number of nitrogens with zero attached hydrogens (tertiary/aromatic N) is 4. The van der Waals surface area contributed by atoms with Crippen LogP contribution in [0.25, 0.3) is 0 Å². The zero-order valence-electron chi connectivity index (χ0n) is 15.2. The van der Waals surface area contributed by atoms with E-state index in [1.807, 2.05) is 0 Å². The van der Waals surface area contributed by atoms with E-state index in [4.69, 9.17) is 4.74 Å². The molecule has 6 heteroatoms. The quantitative estimate of drug-likeness (QED) is 0.837. The minimum absolute atomic E-state index is 0.254. The van der Waals surface area contributed by atoms with Crippen LogP contribution in [0, 0.1) is 19.8 Å². The van der Waals surface area contributed by atoms with Crippen molar-refractivity contribution in [1.29, 1.82) is 0 Å². The molecule has 6 nitrogen and oxygen atoms in total. The maximum atomic E-state index is 10.4. The number of ether oxygens (including phenoxy) is 1. The maximum absolute atomic E-state index is 10.4. The minimum Gasteiger partial charge on any atom is -0.390 e. The molecule has 0 unspecified atom stereocenters. The van der Waals surface area contributed by atoms with Crippen LogP contribution in [0.5, 0.6) is 0 Å². The summed E-state index contributed by atoms with van der Waals surface area (Å²) in [6.07, 6.45) is 2.14. The van der Waals surface area contributed by atoms with Crippen molar-refractivity contribution in [2.24, 2.45) is 5.92 Å². The van der Waals surface area contributed by atoms with Crippen molar-refractivity contribution in [3.63, 3.8) is 0 Å². The topological polar surface area (TPSA) is 53.8 Å². The lowest BCUT2D eigenvalue weighted by Crippen LogP contribution is -2.46. The van der Waals surface area contributed by atoms with Gasteiger partial charge < -0.3 is 14.7 Å². The Kier molecular flexibility index (Phi) is 6.27. The minimum atomic E-state index is -0.254. The Labute approximate surface area is 145 Å². The first-order chi connectivity index (χ1) is 11.6. The second kappa shape index (κ2) is 8.43. The van der Waals surface area contributed by atoms with E-state index in [0.717, 1.165) is 64.7 Å². The zero-order valence-corrected chi connectivity index (χ0v) is 15.2. The zero-order chi connectivity index (χ0) is 16.9. The van der Waals surface area contributed by atoms with Gasteiger partial charge in [0.25, 0.3) is 0 Å². The molecule has 24 heavy (non-hydrogen) atoms. The number of morpholine rings is 1. The summed E-state index contributed by atoms with van der Waals surface area (Å²) < 4.78 is 7.52. The molecule has 3 rings (SSSR count). The van der Waals surface area contributed by atoms with E-state index in [0.29, 0.717) is 5.92 Å². The smallest absolute Gasteiger partial charge is 0.0793 e. The lowest BCUT2D eigenvalue weighted by Gasteiger charge is -2.35. The number of hydrogen-bond donors (Lipinski definition) is 1. The van der Waals surface area contributed by atoms with Crippen LogP contribution < -0.4 is 0 Å². The van der Waals surface area contributed by atoms with Gasteiger partial charge in [-0.25, -0.2) is 0 Å². The molecule has 0 saturated carbocycles. The van der Waals surface area contributed by atoms with E-state index >= 15 is 0 Å². The van der Waals surface area contributed by atoms with Crippen LogP contribution in [-0.4, -0.2) is 83.3 Å². The molecule has 2 fully saturated rings. The Morgan fingerprint density at radius 2 is 1.75 bits per heavy atom. The monoisotopic (exact) mass is 336 g/mol. The Balaban J connectivity index is 1.37. The number of aromatic nitrogens is 2. The highest BCUT2D eigenvalue weighted by atomic mass is 16.5. The lowest BCUT2D eigenvalue weighted by atomic mass is 9.96. The second-order valence-electron chi connectivity index (χ2n) is 7.42. The molecule has 0 aromatic carbocycles. The van der Waals surface area contributed by atoms with E-state index in [1.54, 1.807) is 0 Å². The van der Waals surface area contributed by atoms with Gasteiger partial charge in [-0.05, 0) is 51.8 Å². The van der Waals surface area contributed by atoms with Gasteiger partial charge in [0.15, 0.2) is 0 Å². The molecular weight excluding hydrogens is 304 g/mol. The number of aliphatic hydroxyl groups is 1. The van der Waals surface area contributed by atoms with E-state index in [1.165, 1.54) is 18.5 Å². The first-order valence-electron chi connectivity index (χ1n) is 9.31. The van der Waals surface area contributed by atoms with Crippen LogP contribution >= 0.6 is 0 Å². The summed E-state index contributed by atoms with van der Waals surface area (Å²) >= 11 is 0. The van der Waals surface area contributed by atoms with Gasteiger partial charge in [-0.15, -0.1) is 0 Å². The normalized spacial score (nSPS) is 22.8. The summed E-state index contributed by atoms with van der Waals surface area (Å²) in [4.78, 5) is 4.73. The van der Waals surface area contributed by atoms with Crippen LogP contribution in [0.2, 0.25) is 0 Å². The summed E-state index contributed by atoms with van der Waals surface area (Å²) in [5.74, 6) is 0.704. The fraction of sp³-hybridized carbons (Fsp3) is 0.833. The highest BCUT2D eigenvalue weighted by Gasteiger charge is 2.23. The number of piperidine rings is 1. The molecule has 0 radical (unpaired) electrons. The van der Waals surface area contributed by atoms with Crippen LogP contribution in [0.4, 0.5) is 0 Å². The van der Waals surface area contributed by atoms with Crippen molar-refractivity contribution in [3.8, 4) is 0 Å². The average molecular weight is 336 g/mol. The third-order valence-electron chi connectivity index (χ3n) is 5.28. The largest absolute Gasteiger partial charge is 0.390 e. The number of hydrogen-bond acceptors (Lipinski definition) is 5. The van der Waals surface area contributed by atoms with Crippen LogP contribution in [0.15, 0.2) is 6.07 Å². The third-order valence-corrected chi connectivity index (χ3v) is 5.28. The van der Waals surface area contributed by atoms with Gasteiger partial charge in [-0.3, -0.25) is 9.58 Å². The molecule has 0 amide bonds. The molecule has 1 aromatic heterocycles. The molecule has 0 aliphatic carbocycles. The Morgan fingerprint density at radius 3 is 2.33 bits per heavy atom. The van der Waals surface area contributed by atoms with Crippen LogP contribution in [0.3, 0.4) is 0 Å². The maximum Gasteiger partial charge on any atom is 0.0793 e. The van der Waals surface area contributed by atoms with Gasteiger partial charge in [0, 0.05) is 38.4 Å². The second-order valence-corrected chi connectivity index (χ2v) is 7.42. The summed E-state index contributed by atoms with van der Waals surface area (Å²) in [6.45, 7) is 12.5. The molecule has 2 aliphatic heterocycles. The molecule has 0 spiro atoms. The molecule has 0 bridgehead atoms. The number of likely N-dealkylation sites (tertiary alicyclic amines) is 1. The molecule has 2 aliphatic rings. The third kappa shape index (κ3) is 5.02. The number of β-amino-alcohol motifs (C(OH)–C–C–N with tert-alkyl or cyclic N) is 1. The summed E-state index contributed by atoms with van der Waals surface area (Å²) in [5.41, 5.74) is 2.37. The van der Waals surface area contributed by atoms with Crippen molar-refractivity contribution < 1.29 is 9.84 Å². The van der Waals surface area contributed by atoms with Gasteiger partial charge in [0.2, 0.25) is 0 Å². The summed E-state index contributed by atoms with van der Waals surface area (Å²) in [5, 5.41) is 14.9. The Bertz CT molecular complexity index is 505. The number of aryl methyl sites for hydroxylation is 2. The Morgan fingerprint density at radius 1 is 1.12 bits per heavy atom. The predicted molar refractivity (Wildman–Crippen MR) is 94.1 cm³/mol. The first kappa shape index (κ1) is 17.9. The van der Waals surface area contributed by atoms with E-state index in [9.17, 15) is 5.11 Å². The summed E-state index contributed by atoms with van der Waals surface area (Å²) in [6, 6.07) is 2.15. The fourth-order valence-corrected chi connectivity index (χ4v) is 3.89. The fourth-order valence-electron chi connectivity index (χ4n) is 3.89. The first-order valence-corrected chi connectivity index (χ1v) is 9.31. The van der Waals surface area contributed by atoms with Crippen molar-refractivity contribution in [1.82, 2.24) is 19.6 Å². The molecule has 1 N–H and O–H groups in total. The van der Waals surface area contributed by atoms with Gasteiger partial charge >= 0.3 is 0 Å². The molecule has 1 aromatic rings. The van der Waals surface area contributed by atoms with E-state index < -0.39 is 0 Å². The lowest BCUT2D eigenvalue weighted by molar-refractivity contribution is 0.00388. The van der Waals surface area contributed by atoms with Gasteiger partial charge in [0.1, 0.15) is 0 Å². The van der Waals surface area contributed by atoms with Crippen molar-refractivity contribution in [2.45, 2.75) is 39.3 Å². The number of aliphatic hydroxyl groups excluding tert-OH is 1. The predicted octanol–water partition coefficient (Wildman–Crippen LogP) is 0.905. The molecule has 2 saturated heterocycles. The standard InChI is InChI=1S/C18H32N4O2/c1-15-11-16(2)22(19-15)12-17-3-5-20(6-4-17)13-18(23)14-21-7-9-24-10-8-21/h11,17-18,23H,3-10,12-14H2,1-2H3/t18-/m1/s1. The highest BCUT2D eigenvalue weighted by Crippen LogP contribution is 2.20. The SMILES string of the molecule is Cc1cc(C)n(CC2CCN(C[C@@H](O)CN3CCOCC3)CC2)n1. The molecule has 136 valence electrons. The van der Waals surface area contributed by atoms with Crippen molar-refractivity contribution in [2.75, 3.05) is 52.5 Å². The van der Waals surface area contributed by atoms with Crippen LogP contribution in [0.1, 0.15) is 24.2 Å². The molecule has 1 atom stereocenters. The average Bonchev–Trinajstić information content (AvgIpc) is 2.87. The van der Waals surface area contributed by atoms with Crippen molar-refractivity contribution in [3.05, 3.63) is 17.5 Å². The van der Waals surface area contributed by atoms with E-state index in [2.05, 4.69) is 39.5 Å². The van der Waals surface area contributed by atoms with Gasteiger partial charge in [-0.1, -0.05) is 0 Å². The van der Waals surface area contributed by atoms with Gasteiger partial charge in [0.05, 0.1) is 25.0 Å². The molecule has 3 heterocycles. The highest BCUT2D eigenvalue weighted by molar-refractivity contribution is 5.06. The van der Waals surface area contributed by atoms with Gasteiger partial charge in [-0.2, -0.15) is 5.10 Å². The Hall–Kier alpha value is -0.950. The summed E-state index contributed by atoms with van der Waals surface area (Å²) in [7, 11) is 0.